The van der Waals surface area contributed by atoms with Gasteiger partial charge in [-0.15, -0.1) is 24.0 Å². The van der Waals surface area contributed by atoms with Crippen LogP contribution < -0.4 is 14.9 Å². The molecule has 1 aliphatic rings. The SMILES string of the molecule is CN=C(NCCS(=O)(=O)N1CCc2ccccc21)NCC(CO)c1ccccc1.I. The Bertz CT molecular complexity index is 938. The highest BCUT2D eigenvalue weighted by Gasteiger charge is 2.28. The van der Waals surface area contributed by atoms with Gasteiger partial charge in [-0.25, -0.2) is 8.42 Å². The van der Waals surface area contributed by atoms with Gasteiger partial charge in [0.1, 0.15) is 0 Å². The van der Waals surface area contributed by atoms with E-state index in [1.807, 2.05) is 54.6 Å². The molecule has 30 heavy (non-hydrogen) atoms. The lowest BCUT2D eigenvalue weighted by molar-refractivity contribution is 0.265. The monoisotopic (exact) mass is 544 g/mol. The molecule has 2 aromatic carbocycles. The molecule has 1 atom stereocenters. The fourth-order valence-electron chi connectivity index (χ4n) is 3.46. The van der Waals surface area contributed by atoms with E-state index in [0.717, 1.165) is 23.2 Å². The first-order valence-electron chi connectivity index (χ1n) is 9.74. The Hall–Kier alpha value is -1.85. The molecule has 0 spiro atoms. The molecule has 0 bridgehead atoms. The number of guanidine groups is 1. The second kappa shape index (κ2) is 11.5. The summed E-state index contributed by atoms with van der Waals surface area (Å²) in [6, 6.07) is 17.4. The molecule has 3 rings (SSSR count). The quantitative estimate of drug-likeness (QED) is 0.269. The summed E-state index contributed by atoms with van der Waals surface area (Å²) in [7, 11) is -1.77. The Morgan fingerprint density at radius 2 is 1.83 bits per heavy atom. The zero-order valence-corrected chi connectivity index (χ0v) is 20.1. The molecule has 164 valence electrons. The van der Waals surface area contributed by atoms with E-state index in [2.05, 4.69) is 15.6 Å². The normalized spacial score (nSPS) is 14.6. The van der Waals surface area contributed by atoms with Crippen molar-refractivity contribution >= 4 is 45.6 Å². The number of nitrogens with one attached hydrogen (secondary N) is 2. The van der Waals surface area contributed by atoms with Crippen LogP contribution in [-0.4, -0.2) is 58.5 Å². The first kappa shape index (κ1) is 24.4. The summed E-state index contributed by atoms with van der Waals surface area (Å²) < 4.78 is 27.0. The average Bonchev–Trinajstić information content (AvgIpc) is 3.19. The molecule has 1 heterocycles. The number of anilines is 1. The summed E-state index contributed by atoms with van der Waals surface area (Å²) in [6.07, 6.45) is 0.744. The maximum atomic E-state index is 12.8. The third-order valence-electron chi connectivity index (χ3n) is 5.06. The van der Waals surface area contributed by atoms with Crippen LogP contribution in [-0.2, 0) is 16.4 Å². The first-order valence-corrected chi connectivity index (χ1v) is 11.3. The molecule has 0 fully saturated rings. The summed E-state index contributed by atoms with van der Waals surface area (Å²) in [5.74, 6) is 0.417. The van der Waals surface area contributed by atoms with Crippen molar-refractivity contribution in [3.8, 4) is 0 Å². The van der Waals surface area contributed by atoms with Gasteiger partial charge in [0.15, 0.2) is 5.96 Å². The van der Waals surface area contributed by atoms with Crippen molar-refractivity contribution in [2.45, 2.75) is 12.3 Å². The molecule has 2 aromatic rings. The highest BCUT2D eigenvalue weighted by Crippen LogP contribution is 2.29. The molecular weight excluding hydrogens is 515 g/mol. The maximum Gasteiger partial charge on any atom is 0.236 e. The zero-order valence-electron chi connectivity index (χ0n) is 17.0. The maximum absolute atomic E-state index is 12.8. The van der Waals surface area contributed by atoms with Gasteiger partial charge in [0.25, 0.3) is 0 Å². The smallest absolute Gasteiger partial charge is 0.236 e. The van der Waals surface area contributed by atoms with Gasteiger partial charge in [0.2, 0.25) is 10.0 Å². The van der Waals surface area contributed by atoms with Crippen molar-refractivity contribution in [1.29, 1.82) is 0 Å². The van der Waals surface area contributed by atoms with Crippen molar-refractivity contribution in [2.75, 3.05) is 43.3 Å². The minimum absolute atomic E-state index is 0. The third kappa shape index (κ3) is 6.08. The summed E-state index contributed by atoms with van der Waals surface area (Å²) in [4.78, 5) is 4.15. The van der Waals surface area contributed by atoms with Gasteiger partial charge in [0, 0.05) is 32.6 Å². The lowest BCUT2D eigenvalue weighted by atomic mass is 10.0. The largest absolute Gasteiger partial charge is 0.396 e. The van der Waals surface area contributed by atoms with Gasteiger partial charge in [-0.1, -0.05) is 48.5 Å². The lowest BCUT2D eigenvalue weighted by Crippen LogP contribution is -2.43. The minimum Gasteiger partial charge on any atom is -0.396 e. The number of fused-ring (bicyclic) bond motifs is 1. The Labute approximate surface area is 195 Å². The molecule has 3 N–H and O–H groups in total. The number of sulfonamides is 1. The van der Waals surface area contributed by atoms with Crippen LogP contribution in [0.5, 0.6) is 0 Å². The van der Waals surface area contributed by atoms with Crippen LogP contribution in [0.4, 0.5) is 5.69 Å². The molecule has 0 saturated carbocycles. The van der Waals surface area contributed by atoms with Crippen molar-refractivity contribution in [1.82, 2.24) is 10.6 Å². The highest BCUT2D eigenvalue weighted by atomic mass is 127. The van der Waals surface area contributed by atoms with E-state index in [1.165, 1.54) is 4.31 Å². The number of hydrogen-bond donors (Lipinski definition) is 3. The van der Waals surface area contributed by atoms with Gasteiger partial charge >= 0.3 is 0 Å². The van der Waals surface area contributed by atoms with Gasteiger partial charge in [0.05, 0.1) is 18.0 Å². The van der Waals surface area contributed by atoms with Crippen LogP contribution in [0.25, 0.3) is 0 Å². The average molecular weight is 544 g/mol. The van der Waals surface area contributed by atoms with Crippen LogP contribution >= 0.6 is 24.0 Å². The van der Waals surface area contributed by atoms with E-state index < -0.39 is 10.0 Å². The van der Waals surface area contributed by atoms with Crippen LogP contribution in [0.1, 0.15) is 17.0 Å². The number of aliphatic hydroxyl groups is 1. The Morgan fingerprint density at radius 3 is 2.53 bits per heavy atom. The van der Waals surface area contributed by atoms with E-state index >= 15 is 0 Å². The molecule has 9 heteroatoms. The Kier molecular flexibility index (Phi) is 9.37. The summed E-state index contributed by atoms with van der Waals surface area (Å²) in [6.45, 7) is 1.24. The number of para-hydroxylation sites is 1. The summed E-state index contributed by atoms with van der Waals surface area (Å²) in [5.41, 5.74) is 2.88. The molecule has 1 aliphatic heterocycles. The van der Waals surface area contributed by atoms with Crippen LogP contribution in [0.15, 0.2) is 59.6 Å². The standard InChI is InChI=1S/C21H28N4O3S.HI/c1-22-21(24-15-19(16-26)17-7-3-2-4-8-17)23-12-14-29(27,28)25-13-11-18-9-5-6-10-20(18)25;/h2-10,19,26H,11-16H2,1H3,(H2,22,23,24);1H. The van der Waals surface area contributed by atoms with Crippen LogP contribution in [0.3, 0.4) is 0 Å². The molecule has 0 amide bonds. The molecule has 0 saturated heterocycles. The number of rotatable bonds is 8. The molecule has 7 nitrogen and oxygen atoms in total. The van der Waals surface area contributed by atoms with E-state index in [-0.39, 0.29) is 48.8 Å². The minimum atomic E-state index is -3.41. The van der Waals surface area contributed by atoms with E-state index in [9.17, 15) is 13.5 Å². The summed E-state index contributed by atoms with van der Waals surface area (Å²) in [5, 5.41) is 15.9. The van der Waals surface area contributed by atoms with Crippen LogP contribution in [0, 0.1) is 0 Å². The third-order valence-corrected chi connectivity index (χ3v) is 6.83. The number of halogens is 1. The van der Waals surface area contributed by atoms with Crippen molar-refractivity contribution < 1.29 is 13.5 Å². The number of nitrogens with zero attached hydrogens (tertiary/aromatic N) is 2. The molecular formula is C21H29IN4O3S. The van der Waals surface area contributed by atoms with Crippen molar-refractivity contribution in [3.63, 3.8) is 0 Å². The second-order valence-corrected chi connectivity index (χ2v) is 8.95. The fourth-order valence-corrected chi connectivity index (χ4v) is 4.89. The van der Waals surface area contributed by atoms with Crippen molar-refractivity contribution in [3.05, 3.63) is 65.7 Å². The predicted octanol–water partition coefficient (Wildman–Crippen LogP) is 1.94. The number of benzene rings is 2. The highest BCUT2D eigenvalue weighted by molar-refractivity contribution is 14.0. The van der Waals surface area contributed by atoms with E-state index in [4.69, 9.17) is 0 Å². The van der Waals surface area contributed by atoms with E-state index in [0.29, 0.717) is 19.0 Å². The topological polar surface area (TPSA) is 94.0 Å². The lowest BCUT2D eigenvalue weighted by Gasteiger charge is -2.21. The Balaban J connectivity index is 0.00000320. The van der Waals surface area contributed by atoms with Crippen LogP contribution in [0.2, 0.25) is 0 Å². The molecule has 0 aliphatic carbocycles. The molecule has 1 unspecified atom stereocenters. The van der Waals surface area contributed by atoms with Gasteiger partial charge < -0.3 is 15.7 Å². The number of hydrogen-bond acceptors (Lipinski definition) is 4. The van der Waals surface area contributed by atoms with Gasteiger partial charge in [-0.2, -0.15) is 0 Å². The Morgan fingerprint density at radius 1 is 1.13 bits per heavy atom. The predicted molar refractivity (Wildman–Crippen MR) is 132 cm³/mol. The van der Waals surface area contributed by atoms with E-state index in [1.54, 1.807) is 7.05 Å². The molecule has 0 aromatic heterocycles. The summed E-state index contributed by atoms with van der Waals surface area (Å²) >= 11 is 0. The van der Waals surface area contributed by atoms with Gasteiger partial charge in [-0.05, 0) is 23.6 Å². The molecule has 0 radical (unpaired) electrons. The zero-order chi connectivity index (χ0) is 20.7. The van der Waals surface area contributed by atoms with Gasteiger partial charge in [-0.3, -0.25) is 9.30 Å². The van der Waals surface area contributed by atoms with Crippen molar-refractivity contribution in [2.24, 2.45) is 4.99 Å². The second-order valence-electron chi connectivity index (χ2n) is 6.94. The number of aliphatic imine (C=N–C) groups is 1. The fraction of sp³-hybridized carbons (Fsp3) is 0.381. The first-order chi connectivity index (χ1) is 14.0. The number of aliphatic hydroxyl groups excluding tert-OH is 1.